The van der Waals surface area contributed by atoms with Gasteiger partial charge in [-0.3, -0.25) is 4.79 Å². The van der Waals surface area contributed by atoms with Crippen LogP contribution in [0.25, 0.3) is 0 Å². The lowest BCUT2D eigenvalue weighted by Crippen LogP contribution is -2.12. The molecule has 0 fully saturated rings. The topological polar surface area (TPSA) is 56.1 Å². The lowest BCUT2D eigenvalue weighted by Gasteiger charge is -2.09. The van der Waals surface area contributed by atoms with Crippen LogP contribution in [0.1, 0.15) is 21.7 Å². The van der Waals surface area contributed by atoms with E-state index in [1.54, 1.807) is 12.3 Å². The minimum Gasteiger partial charge on any atom is -0.490 e. The number of hydrogen-bond donors (Lipinski definition) is 1. The first-order valence-corrected chi connectivity index (χ1v) is 8.37. The van der Waals surface area contributed by atoms with Gasteiger partial charge >= 0.3 is 0 Å². The van der Waals surface area contributed by atoms with Gasteiger partial charge in [-0.15, -0.1) is 0 Å². The Balaban J connectivity index is 1.61. The van der Waals surface area contributed by atoms with Crippen LogP contribution in [-0.4, -0.2) is 22.1 Å². The summed E-state index contributed by atoms with van der Waals surface area (Å²) in [6, 6.07) is 14.8. The predicted octanol–water partition coefficient (Wildman–Crippen LogP) is 4.06. The fourth-order valence-electron chi connectivity index (χ4n) is 2.52. The molecule has 0 atom stereocenters. The van der Waals surface area contributed by atoms with Gasteiger partial charge in [-0.25, -0.2) is 4.98 Å². The maximum absolute atomic E-state index is 12.4. The van der Waals surface area contributed by atoms with E-state index in [0.29, 0.717) is 12.2 Å². The van der Waals surface area contributed by atoms with E-state index in [1.165, 1.54) is 0 Å². The third-order valence-electron chi connectivity index (χ3n) is 3.97. The monoisotopic (exact) mass is 347 g/mol. The number of anilines is 1. The van der Waals surface area contributed by atoms with Crippen LogP contribution >= 0.6 is 0 Å². The summed E-state index contributed by atoms with van der Waals surface area (Å²) in [6.07, 6.45) is 5.41. The van der Waals surface area contributed by atoms with E-state index in [-0.39, 0.29) is 5.91 Å². The number of rotatable bonds is 7. The molecule has 3 rings (SSSR count). The number of hydrogen-bond acceptors (Lipinski definition) is 3. The Hall–Kier alpha value is -3.34. The number of amides is 1. The molecule has 0 saturated carbocycles. The van der Waals surface area contributed by atoms with Crippen LogP contribution in [0.4, 0.5) is 5.69 Å². The smallest absolute Gasteiger partial charge is 0.255 e. The van der Waals surface area contributed by atoms with Crippen LogP contribution < -0.4 is 10.1 Å². The number of benzene rings is 2. The third kappa shape index (κ3) is 4.39. The van der Waals surface area contributed by atoms with Crippen molar-refractivity contribution in [2.45, 2.75) is 13.5 Å². The molecule has 1 amide bonds. The lowest BCUT2D eigenvalue weighted by atomic mass is 10.1. The summed E-state index contributed by atoms with van der Waals surface area (Å²) in [4.78, 5) is 16.6. The standard InChI is InChI=1S/C21H21N3O2/c1-3-14-26-20-10-8-19(9-11-20)23-21(25)18-6-4-17(5-7-18)15-24-13-12-22-16(24)2/h3-13H,1,14-15H2,2H3,(H,23,25). The van der Waals surface area contributed by atoms with Crippen molar-refractivity contribution in [2.75, 3.05) is 11.9 Å². The highest BCUT2D eigenvalue weighted by molar-refractivity contribution is 6.04. The summed E-state index contributed by atoms with van der Waals surface area (Å²) >= 11 is 0. The van der Waals surface area contributed by atoms with Gasteiger partial charge in [0, 0.05) is 30.2 Å². The highest BCUT2D eigenvalue weighted by Gasteiger charge is 2.07. The quantitative estimate of drug-likeness (QED) is 0.656. The molecule has 2 aromatic carbocycles. The Labute approximate surface area is 153 Å². The number of carbonyl (C=O) groups is 1. The minimum atomic E-state index is -0.143. The zero-order valence-electron chi connectivity index (χ0n) is 14.7. The van der Waals surface area contributed by atoms with Gasteiger partial charge in [-0.2, -0.15) is 0 Å². The highest BCUT2D eigenvalue weighted by atomic mass is 16.5. The first-order chi connectivity index (χ1) is 12.7. The summed E-state index contributed by atoms with van der Waals surface area (Å²) < 4.78 is 7.49. The molecule has 5 nitrogen and oxygen atoms in total. The Morgan fingerprint density at radius 3 is 2.54 bits per heavy atom. The van der Waals surface area contributed by atoms with Crippen molar-refractivity contribution >= 4 is 11.6 Å². The fourth-order valence-corrected chi connectivity index (χ4v) is 2.52. The molecule has 1 aromatic heterocycles. The van der Waals surface area contributed by atoms with Gasteiger partial charge in [0.15, 0.2) is 0 Å². The highest BCUT2D eigenvalue weighted by Crippen LogP contribution is 2.17. The van der Waals surface area contributed by atoms with Crippen LogP contribution in [0.3, 0.4) is 0 Å². The van der Waals surface area contributed by atoms with E-state index in [2.05, 4.69) is 21.4 Å². The molecular formula is C21H21N3O2. The van der Waals surface area contributed by atoms with Crippen LogP contribution in [0.5, 0.6) is 5.75 Å². The summed E-state index contributed by atoms with van der Waals surface area (Å²) in [5.41, 5.74) is 2.45. The average Bonchev–Trinajstić information content (AvgIpc) is 3.06. The second-order valence-corrected chi connectivity index (χ2v) is 5.88. The van der Waals surface area contributed by atoms with Crippen molar-refractivity contribution in [1.29, 1.82) is 0 Å². The fraction of sp³-hybridized carbons (Fsp3) is 0.143. The summed E-state index contributed by atoms with van der Waals surface area (Å²) in [5.74, 6) is 1.56. The molecule has 0 bridgehead atoms. The third-order valence-corrected chi connectivity index (χ3v) is 3.97. The van der Waals surface area contributed by atoms with Gasteiger partial charge in [0.25, 0.3) is 5.91 Å². The molecular weight excluding hydrogens is 326 g/mol. The van der Waals surface area contributed by atoms with E-state index >= 15 is 0 Å². The van der Waals surface area contributed by atoms with E-state index in [0.717, 1.165) is 29.4 Å². The molecule has 0 saturated heterocycles. The van der Waals surface area contributed by atoms with Crippen molar-refractivity contribution in [3.05, 3.63) is 90.5 Å². The molecule has 5 heteroatoms. The van der Waals surface area contributed by atoms with Gasteiger partial charge in [0.05, 0.1) is 0 Å². The Morgan fingerprint density at radius 2 is 1.92 bits per heavy atom. The lowest BCUT2D eigenvalue weighted by molar-refractivity contribution is 0.102. The van der Waals surface area contributed by atoms with Crippen molar-refractivity contribution < 1.29 is 9.53 Å². The molecule has 0 radical (unpaired) electrons. The van der Waals surface area contributed by atoms with Crippen molar-refractivity contribution in [1.82, 2.24) is 9.55 Å². The zero-order chi connectivity index (χ0) is 18.4. The van der Waals surface area contributed by atoms with Crippen molar-refractivity contribution in [2.24, 2.45) is 0 Å². The van der Waals surface area contributed by atoms with E-state index in [4.69, 9.17) is 4.74 Å². The second kappa shape index (κ2) is 8.16. The van der Waals surface area contributed by atoms with E-state index < -0.39 is 0 Å². The van der Waals surface area contributed by atoms with Crippen LogP contribution in [-0.2, 0) is 6.54 Å². The van der Waals surface area contributed by atoms with Crippen LogP contribution in [0.2, 0.25) is 0 Å². The number of imidazole rings is 1. The summed E-state index contributed by atoms with van der Waals surface area (Å²) in [5, 5.41) is 2.89. The number of aromatic nitrogens is 2. The van der Waals surface area contributed by atoms with Gasteiger partial charge in [-0.05, 0) is 48.9 Å². The molecule has 1 N–H and O–H groups in total. The summed E-state index contributed by atoms with van der Waals surface area (Å²) in [7, 11) is 0. The van der Waals surface area contributed by atoms with Crippen LogP contribution in [0.15, 0.2) is 73.6 Å². The van der Waals surface area contributed by atoms with Gasteiger partial charge in [0.1, 0.15) is 18.2 Å². The van der Waals surface area contributed by atoms with E-state index in [9.17, 15) is 4.79 Å². The minimum absolute atomic E-state index is 0.143. The van der Waals surface area contributed by atoms with E-state index in [1.807, 2.05) is 61.7 Å². The molecule has 0 aliphatic carbocycles. The largest absolute Gasteiger partial charge is 0.490 e. The number of nitrogens with zero attached hydrogens (tertiary/aromatic N) is 2. The second-order valence-electron chi connectivity index (χ2n) is 5.88. The molecule has 0 aliphatic rings. The normalized spacial score (nSPS) is 10.3. The molecule has 0 spiro atoms. The maximum atomic E-state index is 12.4. The Bertz CT molecular complexity index is 880. The number of carbonyl (C=O) groups excluding carboxylic acids is 1. The molecule has 0 aliphatic heterocycles. The number of ether oxygens (including phenoxy) is 1. The maximum Gasteiger partial charge on any atom is 0.255 e. The molecule has 26 heavy (non-hydrogen) atoms. The van der Waals surface area contributed by atoms with Crippen molar-refractivity contribution in [3.63, 3.8) is 0 Å². The summed E-state index contributed by atoms with van der Waals surface area (Å²) in [6.45, 7) is 6.77. The SMILES string of the molecule is C=CCOc1ccc(NC(=O)c2ccc(Cn3ccnc3C)cc2)cc1. The van der Waals surface area contributed by atoms with Gasteiger partial charge in [-0.1, -0.05) is 24.8 Å². The first-order valence-electron chi connectivity index (χ1n) is 8.37. The number of aryl methyl sites for hydroxylation is 1. The van der Waals surface area contributed by atoms with Crippen molar-refractivity contribution in [3.8, 4) is 5.75 Å². The molecule has 132 valence electrons. The molecule has 3 aromatic rings. The van der Waals surface area contributed by atoms with Crippen LogP contribution in [0, 0.1) is 6.92 Å². The van der Waals surface area contributed by atoms with Gasteiger partial charge < -0.3 is 14.6 Å². The molecule has 1 heterocycles. The average molecular weight is 347 g/mol. The number of nitrogens with one attached hydrogen (secondary N) is 1. The predicted molar refractivity (Wildman–Crippen MR) is 103 cm³/mol. The Kier molecular flexibility index (Phi) is 5.49. The zero-order valence-corrected chi connectivity index (χ0v) is 14.7. The van der Waals surface area contributed by atoms with Gasteiger partial charge in [0.2, 0.25) is 0 Å². The Morgan fingerprint density at radius 1 is 1.19 bits per heavy atom. The first kappa shape index (κ1) is 17.5. The molecule has 0 unspecified atom stereocenters.